The van der Waals surface area contributed by atoms with Crippen LogP contribution < -0.4 is 5.32 Å². The van der Waals surface area contributed by atoms with Gasteiger partial charge in [-0.25, -0.2) is 0 Å². The lowest BCUT2D eigenvalue weighted by Gasteiger charge is -2.35. The highest BCUT2D eigenvalue weighted by Crippen LogP contribution is 2.19. The van der Waals surface area contributed by atoms with Crippen molar-refractivity contribution in [3.05, 3.63) is 0 Å². The highest BCUT2D eigenvalue weighted by molar-refractivity contribution is 5.71. The quantitative estimate of drug-likeness (QED) is 0.773. The van der Waals surface area contributed by atoms with Crippen LogP contribution in [0.3, 0.4) is 0 Å². The summed E-state index contributed by atoms with van der Waals surface area (Å²) in [5, 5.41) is 3.79. The lowest BCUT2D eigenvalue weighted by Crippen LogP contribution is -2.50. The van der Waals surface area contributed by atoms with E-state index in [-0.39, 0.29) is 5.97 Å². The van der Waals surface area contributed by atoms with Crippen molar-refractivity contribution >= 4 is 5.97 Å². The van der Waals surface area contributed by atoms with Gasteiger partial charge in [0, 0.05) is 18.6 Å². The Hall–Kier alpha value is -0.610. The molecule has 0 amide bonds. The van der Waals surface area contributed by atoms with Gasteiger partial charge in [0.05, 0.1) is 13.7 Å². The predicted molar refractivity (Wildman–Crippen MR) is 71.5 cm³/mol. The topological polar surface area (TPSA) is 41.6 Å². The third-order valence-electron chi connectivity index (χ3n) is 4.16. The largest absolute Gasteiger partial charge is 0.468 e. The van der Waals surface area contributed by atoms with E-state index in [1.165, 1.54) is 52.1 Å². The monoisotopic (exact) mass is 254 g/mol. The zero-order chi connectivity index (χ0) is 12.8. The molecule has 2 rings (SSSR count). The second-order valence-electron chi connectivity index (χ2n) is 5.65. The minimum absolute atomic E-state index is 0.117. The van der Waals surface area contributed by atoms with Crippen LogP contribution in [0.2, 0.25) is 0 Å². The summed E-state index contributed by atoms with van der Waals surface area (Å²) in [5.74, 6) is -0.117. The summed E-state index contributed by atoms with van der Waals surface area (Å²) in [5.41, 5.74) is 0. The number of carbonyl (C=O) groups excluding carboxylic acids is 1. The van der Waals surface area contributed by atoms with Crippen LogP contribution in [0.25, 0.3) is 0 Å². The third-order valence-corrected chi connectivity index (χ3v) is 4.16. The van der Waals surface area contributed by atoms with E-state index in [4.69, 9.17) is 4.74 Å². The number of hydrogen-bond donors (Lipinski definition) is 1. The average molecular weight is 254 g/mol. The van der Waals surface area contributed by atoms with Crippen LogP contribution in [0, 0.1) is 0 Å². The standard InChI is InChI=1S/C14H26N2O2/c1-18-14(17)11-16-9-5-8-13(10-16)15-12-6-3-2-4-7-12/h12-13,15H,2-11H2,1H3. The Bertz CT molecular complexity index is 265. The van der Waals surface area contributed by atoms with Crippen LogP contribution in [0.4, 0.5) is 0 Å². The van der Waals surface area contributed by atoms with E-state index in [0.29, 0.717) is 18.6 Å². The molecule has 0 aromatic carbocycles. The molecule has 0 aromatic heterocycles. The minimum atomic E-state index is -0.117. The Morgan fingerprint density at radius 2 is 1.89 bits per heavy atom. The van der Waals surface area contributed by atoms with Gasteiger partial charge >= 0.3 is 5.97 Å². The van der Waals surface area contributed by atoms with Crippen molar-refractivity contribution in [1.29, 1.82) is 0 Å². The maximum atomic E-state index is 11.3. The first-order valence-corrected chi connectivity index (χ1v) is 7.33. The molecular weight excluding hydrogens is 228 g/mol. The number of nitrogens with one attached hydrogen (secondary N) is 1. The molecule has 0 aromatic rings. The zero-order valence-electron chi connectivity index (χ0n) is 11.5. The van der Waals surface area contributed by atoms with Gasteiger partial charge in [0.15, 0.2) is 0 Å². The first kappa shape index (κ1) is 13.8. The maximum absolute atomic E-state index is 11.3. The van der Waals surface area contributed by atoms with Gasteiger partial charge in [-0.1, -0.05) is 19.3 Å². The van der Waals surface area contributed by atoms with Crippen LogP contribution in [0.1, 0.15) is 44.9 Å². The molecule has 0 bridgehead atoms. The minimum Gasteiger partial charge on any atom is -0.468 e. The molecule has 1 heterocycles. The molecule has 0 spiro atoms. The van der Waals surface area contributed by atoms with Crippen LogP contribution in [0.15, 0.2) is 0 Å². The Balaban J connectivity index is 1.73. The predicted octanol–water partition coefficient (Wildman–Crippen LogP) is 1.55. The van der Waals surface area contributed by atoms with Crippen molar-refractivity contribution in [1.82, 2.24) is 10.2 Å². The molecule has 104 valence electrons. The van der Waals surface area contributed by atoms with Crippen LogP contribution in [0.5, 0.6) is 0 Å². The van der Waals surface area contributed by atoms with Gasteiger partial charge in [-0.15, -0.1) is 0 Å². The lowest BCUT2D eigenvalue weighted by molar-refractivity contribution is -0.142. The number of hydrogen-bond acceptors (Lipinski definition) is 4. The van der Waals surface area contributed by atoms with Crippen LogP contribution in [-0.4, -0.2) is 49.7 Å². The van der Waals surface area contributed by atoms with Gasteiger partial charge in [-0.3, -0.25) is 9.69 Å². The van der Waals surface area contributed by atoms with Gasteiger partial charge in [0.2, 0.25) is 0 Å². The van der Waals surface area contributed by atoms with Gasteiger partial charge in [0.1, 0.15) is 0 Å². The molecule has 1 saturated heterocycles. The number of methoxy groups -OCH3 is 1. The molecule has 4 heteroatoms. The first-order valence-electron chi connectivity index (χ1n) is 7.33. The number of carbonyl (C=O) groups is 1. The summed E-state index contributed by atoms with van der Waals surface area (Å²) in [4.78, 5) is 13.5. The van der Waals surface area contributed by atoms with Crippen molar-refractivity contribution < 1.29 is 9.53 Å². The normalized spacial score (nSPS) is 27.1. The SMILES string of the molecule is COC(=O)CN1CCCC(NC2CCCCC2)C1. The summed E-state index contributed by atoms with van der Waals surface area (Å²) in [6.45, 7) is 2.46. The number of esters is 1. The van der Waals surface area contributed by atoms with E-state index >= 15 is 0 Å². The van der Waals surface area contributed by atoms with E-state index < -0.39 is 0 Å². The molecule has 1 aliphatic heterocycles. The summed E-state index contributed by atoms with van der Waals surface area (Å²) in [7, 11) is 1.46. The summed E-state index contributed by atoms with van der Waals surface area (Å²) >= 11 is 0. The number of piperidine rings is 1. The summed E-state index contributed by atoms with van der Waals surface area (Å²) in [6, 6.07) is 1.27. The smallest absolute Gasteiger partial charge is 0.319 e. The second kappa shape index (κ2) is 7.10. The fourth-order valence-electron chi connectivity index (χ4n) is 3.18. The lowest BCUT2D eigenvalue weighted by atomic mass is 9.94. The van der Waals surface area contributed by atoms with Crippen LogP contribution in [-0.2, 0) is 9.53 Å². The molecule has 1 unspecified atom stereocenters. The second-order valence-corrected chi connectivity index (χ2v) is 5.65. The molecule has 1 saturated carbocycles. The zero-order valence-corrected chi connectivity index (χ0v) is 11.5. The van der Waals surface area contributed by atoms with Gasteiger partial charge < -0.3 is 10.1 Å². The summed E-state index contributed by atoms with van der Waals surface area (Å²) in [6.07, 6.45) is 9.22. The molecular formula is C14H26N2O2. The van der Waals surface area contributed by atoms with Crippen molar-refractivity contribution in [2.75, 3.05) is 26.7 Å². The molecule has 2 fully saturated rings. The molecule has 1 atom stereocenters. The van der Waals surface area contributed by atoms with E-state index in [9.17, 15) is 4.79 Å². The van der Waals surface area contributed by atoms with Crippen molar-refractivity contribution in [3.63, 3.8) is 0 Å². The highest BCUT2D eigenvalue weighted by Gasteiger charge is 2.24. The van der Waals surface area contributed by atoms with E-state index in [2.05, 4.69) is 10.2 Å². The summed E-state index contributed by atoms with van der Waals surface area (Å²) < 4.78 is 4.74. The highest BCUT2D eigenvalue weighted by atomic mass is 16.5. The van der Waals surface area contributed by atoms with Gasteiger partial charge in [-0.2, -0.15) is 0 Å². The number of nitrogens with zero attached hydrogens (tertiary/aromatic N) is 1. The molecule has 18 heavy (non-hydrogen) atoms. The molecule has 1 N–H and O–H groups in total. The molecule has 4 nitrogen and oxygen atoms in total. The van der Waals surface area contributed by atoms with E-state index in [1.807, 2.05) is 0 Å². The van der Waals surface area contributed by atoms with E-state index in [1.54, 1.807) is 0 Å². The number of rotatable bonds is 4. The van der Waals surface area contributed by atoms with E-state index in [0.717, 1.165) is 13.1 Å². The Morgan fingerprint density at radius 1 is 1.17 bits per heavy atom. The Labute approximate surface area is 110 Å². The van der Waals surface area contributed by atoms with Crippen LogP contribution >= 0.6 is 0 Å². The van der Waals surface area contributed by atoms with Crippen molar-refractivity contribution in [2.24, 2.45) is 0 Å². The fraction of sp³-hybridized carbons (Fsp3) is 0.929. The van der Waals surface area contributed by atoms with Gasteiger partial charge in [0.25, 0.3) is 0 Å². The maximum Gasteiger partial charge on any atom is 0.319 e. The first-order chi connectivity index (χ1) is 8.78. The van der Waals surface area contributed by atoms with Crippen molar-refractivity contribution in [3.8, 4) is 0 Å². The van der Waals surface area contributed by atoms with Gasteiger partial charge in [-0.05, 0) is 32.2 Å². The Morgan fingerprint density at radius 3 is 2.61 bits per heavy atom. The number of likely N-dealkylation sites (tertiary alicyclic amines) is 1. The Kier molecular flexibility index (Phi) is 5.45. The number of ether oxygens (including phenoxy) is 1. The fourth-order valence-corrected chi connectivity index (χ4v) is 3.18. The molecule has 0 radical (unpaired) electrons. The average Bonchev–Trinajstić information content (AvgIpc) is 2.40. The molecule has 1 aliphatic carbocycles. The molecule has 2 aliphatic rings. The van der Waals surface area contributed by atoms with Crippen molar-refractivity contribution in [2.45, 2.75) is 57.0 Å². The third kappa shape index (κ3) is 4.25.